The third-order valence-electron chi connectivity index (χ3n) is 5.37. The molecule has 0 atom stereocenters. The molecule has 1 heterocycles. The highest BCUT2D eigenvalue weighted by Crippen LogP contribution is 2.23. The fourth-order valence-corrected chi connectivity index (χ4v) is 3.78. The van der Waals surface area contributed by atoms with Crippen molar-refractivity contribution in [1.82, 2.24) is 10.2 Å². The maximum absolute atomic E-state index is 12.1. The first-order valence-corrected chi connectivity index (χ1v) is 10.2. The molecule has 5 heteroatoms. The molecule has 0 unspecified atom stereocenters. The maximum atomic E-state index is 12.1. The Morgan fingerprint density at radius 1 is 1.07 bits per heavy atom. The summed E-state index contributed by atoms with van der Waals surface area (Å²) in [4.78, 5) is 14.6. The number of carbonyl (C=O) groups is 1. The number of anilines is 1. The molecule has 0 aromatic heterocycles. The smallest absolute Gasteiger partial charge is 0.319 e. The molecule has 0 saturated carbocycles. The van der Waals surface area contributed by atoms with Crippen molar-refractivity contribution in [2.24, 2.45) is 5.92 Å². The molecule has 1 fully saturated rings. The van der Waals surface area contributed by atoms with Crippen molar-refractivity contribution in [2.75, 3.05) is 38.6 Å². The van der Waals surface area contributed by atoms with Gasteiger partial charge in [-0.3, -0.25) is 0 Å². The van der Waals surface area contributed by atoms with Gasteiger partial charge in [0.1, 0.15) is 5.75 Å². The Kier molecular flexibility index (Phi) is 7.73. The monoisotopic (exact) mass is 381 g/mol. The van der Waals surface area contributed by atoms with Gasteiger partial charge in [0, 0.05) is 6.54 Å². The highest BCUT2D eigenvalue weighted by atomic mass is 16.5. The summed E-state index contributed by atoms with van der Waals surface area (Å²) < 4.78 is 5.25. The van der Waals surface area contributed by atoms with Crippen LogP contribution in [0.1, 0.15) is 24.8 Å². The van der Waals surface area contributed by atoms with Gasteiger partial charge in [-0.15, -0.1) is 0 Å². The van der Waals surface area contributed by atoms with Crippen molar-refractivity contribution in [3.63, 3.8) is 0 Å². The molecule has 5 nitrogen and oxygen atoms in total. The van der Waals surface area contributed by atoms with Crippen LogP contribution in [-0.4, -0.2) is 44.2 Å². The molecule has 2 aromatic carbocycles. The lowest BCUT2D eigenvalue weighted by atomic mass is 9.90. The summed E-state index contributed by atoms with van der Waals surface area (Å²) in [6.45, 7) is 4.02. The second-order valence-corrected chi connectivity index (χ2v) is 7.41. The van der Waals surface area contributed by atoms with Gasteiger partial charge in [0.2, 0.25) is 0 Å². The number of carbonyl (C=O) groups excluding carboxylic acids is 1. The average Bonchev–Trinajstić information content (AvgIpc) is 2.73. The third-order valence-corrected chi connectivity index (χ3v) is 5.37. The van der Waals surface area contributed by atoms with E-state index in [9.17, 15) is 4.79 Å². The minimum atomic E-state index is -0.189. The maximum Gasteiger partial charge on any atom is 0.319 e. The zero-order chi connectivity index (χ0) is 19.6. The number of hydrogen-bond acceptors (Lipinski definition) is 3. The number of para-hydroxylation sites is 2. The number of hydrogen-bond donors (Lipinski definition) is 2. The number of nitrogens with one attached hydrogen (secondary N) is 2. The Hall–Kier alpha value is -2.53. The van der Waals surface area contributed by atoms with Gasteiger partial charge in [-0.2, -0.15) is 0 Å². The lowest BCUT2D eigenvalue weighted by Crippen LogP contribution is -2.37. The average molecular weight is 382 g/mol. The van der Waals surface area contributed by atoms with Crippen LogP contribution >= 0.6 is 0 Å². The summed E-state index contributed by atoms with van der Waals surface area (Å²) in [6.07, 6.45) is 4.68. The second kappa shape index (κ2) is 10.7. The molecular weight excluding hydrogens is 350 g/mol. The summed E-state index contributed by atoms with van der Waals surface area (Å²) in [5.41, 5.74) is 2.13. The van der Waals surface area contributed by atoms with E-state index in [-0.39, 0.29) is 6.03 Å². The van der Waals surface area contributed by atoms with E-state index in [2.05, 4.69) is 45.9 Å². The number of methoxy groups -OCH3 is 1. The van der Waals surface area contributed by atoms with Crippen LogP contribution in [0.5, 0.6) is 5.75 Å². The Morgan fingerprint density at radius 3 is 2.54 bits per heavy atom. The van der Waals surface area contributed by atoms with Crippen LogP contribution in [0.15, 0.2) is 54.6 Å². The number of piperidine rings is 1. The number of rotatable bonds is 8. The lowest BCUT2D eigenvalue weighted by molar-refractivity contribution is 0.182. The Morgan fingerprint density at radius 2 is 1.79 bits per heavy atom. The Bertz CT molecular complexity index is 728. The van der Waals surface area contributed by atoms with Crippen molar-refractivity contribution >= 4 is 11.7 Å². The molecule has 0 spiro atoms. The van der Waals surface area contributed by atoms with Gasteiger partial charge in [-0.05, 0) is 68.9 Å². The van der Waals surface area contributed by atoms with Crippen molar-refractivity contribution in [3.05, 3.63) is 60.2 Å². The van der Waals surface area contributed by atoms with Crippen LogP contribution < -0.4 is 15.4 Å². The summed E-state index contributed by atoms with van der Waals surface area (Å²) in [5.74, 6) is 1.46. The van der Waals surface area contributed by atoms with Crippen LogP contribution in [0, 0.1) is 5.92 Å². The van der Waals surface area contributed by atoms with Gasteiger partial charge in [0.25, 0.3) is 0 Å². The predicted molar refractivity (Wildman–Crippen MR) is 114 cm³/mol. The zero-order valence-corrected chi connectivity index (χ0v) is 16.7. The third kappa shape index (κ3) is 6.27. The topological polar surface area (TPSA) is 53.6 Å². The fourth-order valence-electron chi connectivity index (χ4n) is 3.78. The van der Waals surface area contributed by atoms with Crippen LogP contribution in [0.4, 0.5) is 10.5 Å². The van der Waals surface area contributed by atoms with E-state index in [1.165, 1.54) is 24.8 Å². The highest BCUT2D eigenvalue weighted by Gasteiger charge is 2.19. The van der Waals surface area contributed by atoms with E-state index in [1.807, 2.05) is 24.3 Å². The first-order chi connectivity index (χ1) is 13.7. The molecule has 0 aliphatic carbocycles. The van der Waals surface area contributed by atoms with Gasteiger partial charge in [0.05, 0.1) is 12.8 Å². The van der Waals surface area contributed by atoms with Crippen molar-refractivity contribution in [3.8, 4) is 5.75 Å². The molecule has 3 rings (SSSR count). The van der Waals surface area contributed by atoms with Crippen molar-refractivity contribution in [1.29, 1.82) is 0 Å². The molecule has 28 heavy (non-hydrogen) atoms. The molecule has 2 aromatic rings. The summed E-state index contributed by atoms with van der Waals surface area (Å²) in [6, 6.07) is 18.0. The van der Waals surface area contributed by atoms with E-state index in [1.54, 1.807) is 7.11 Å². The number of urea groups is 1. The first-order valence-electron chi connectivity index (χ1n) is 10.2. The molecule has 0 bridgehead atoms. The fraction of sp³-hybridized carbons (Fsp3) is 0.435. The van der Waals surface area contributed by atoms with Gasteiger partial charge >= 0.3 is 6.03 Å². The van der Waals surface area contributed by atoms with Gasteiger partial charge in [-0.1, -0.05) is 42.5 Å². The second-order valence-electron chi connectivity index (χ2n) is 7.41. The minimum Gasteiger partial charge on any atom is -0.495 e. The Labute approximate surface area is 168 Å². The predicted octanol–water partition coefficient (Wildman–Crippen LogP) is 4.16. The molecule has 2 N–H and O–H groups in total. The standard InChI is InChI=1S/C23H31N3O2/c1-28-22-11-6-5-10-21(22)25-23(27)24-14-7-15-26-16-12-20(13-17-26)18-19-8-3-2-4-9-19/h2-6,8-11,20H,7,12-18H2,1H3,(H2,24,25,27). The van der Waals surface area contributed by atoms with Crippen LogP contribution in [0.25, 0.3) is 0 Å². The number of amides is 2. The molecule has 1 saturated heterocycles. The van der Waals surface area contributed by atoms with E-state index < -0.39 is 0 Å². The SMILES string of the molecule is COc1ccccc1NC(=O)NCCCN1CCC(Cc2ccccc2)CC1. The van der Waals surface area contributed by atoms with E-state index >= 15 is 0 Å². The quantitative estimate of drug-likeness (QED) is 0.675. The first kappa shape index (κ1) is 20.2. The summed E-state index contributed by atoms with van der Waals surface area (Å²) in [5, 5.41) is 5.77. The largest absolute Gasteiger partial charge is 0.495 e. The minimum absolute atomic E-state index is 0.189. The van der Waals surface area contributed by atoms with Crippen molar-refractivity contribution < 1.29 is 9.53 Å². The number of likely N-dealkylation sites (tertiary alicyclic amines) is 1. The van der Waals surface area contributed by atoms with Crippen LogP contribution in [0.2, 0.25) is 0 Å². The highest BCUT2D eigenvalue weighted by molar-refractivity contribution is 5.90. The number of benzene rings is 2. The zero-order valence-electron chi connectivity index (χ0n) is 16.7. The van der Waals surface area contributed by atoms with Crippen molar-refractivity contribution in [2.45, 2.75) is 25.7 Å². The van der Waals surface area contributed by atoms with Crippen LogP contribution in [-0.2, 0) is 6.42 Å². The molecule has 150 valence electrons. The van der Waals surface area contributed by atoms with E-state index in [0.29, 0.717) is 18.0 Å². The Balaban J connectivity index is 1.29. The molecule has 1 aliphatic heterocycles. The molecule has 2 amide bonds. The number of ether oxygens (including phenoxy) is 1. The summed E-state index contributed by atoms with van der Waals surface area (Å²) in [7, 11) is 1.60. The molecule has 0 radical (unpaired) electrons. The molecule has 1 aliphatic rings. The van der Waals surface area contributed by atoms with Gasteiger partial charge in [0.15, 0.2) is 0 Å². The van der Waals surface area contributed by atoms with Gasteiger partial charge < -0.3 is 20.3 Å². The van der Waals surface area contributed by atoms with Gasteiger partial charge in [-0.25, -0.2) is 4.79 Å². The summed E-state index contributed by atoms with van der Waals surface area (Å²) >= 11 is 0. The van der Waals surface area contributed by atoms with E-state index in [4.69, 9.17) is 4.74 Å². The molecular formula is C23H31N3O2. The number of nitrogens with zero attached hydrogens (tertiary/aromatic N) is 1. The van der Waals surface area contributed by atoms with Crippen LogP contribution in [0.3, 0.4) is 0 Å². The van der Waals surface area contributed by atoms with E-state index in [0.717, 1.165) is 32.0 Å². The lowest BCUT2D eigenvalue weighted by Gasteiger charge is -2.32. The normalized spacial score (nSPS) is 15.2.